The molecule has 0 aliphatic carbocycles. The molecule has 7 nitrogen and oxygen atoms in total. The number of carbonyl (C=O) groups excluding carboxylic acids is 1. The topological polar surface area (TPSA) is 116 Å². The van der Waals surface area contributed by atoms with Crippen LogP contribution in [0.5, 0.6) is 0 Å². The van der Waals surface area contributed by atoms with E-state index >= 15 is 0 Å². The van der Waals surface area contributed by atoms with Gasteiger partial charge in [-0.2, -0.15) is 0 Å². The first kappa shape index (κ1) is 15.1. The molecular formula is C11H18O7. The van der Waals surface area contributed by atoms with Gasteiger partial charge in [0.05, 0.1) is 6.61 Å². The average molecular weight is 262 g/mol. The summed E-state index contributed by atoms with van der Waals surface area (Å²) >= 11 is 0. The molecule has 7 heteroatoms. The summed E-state index contributed by atoms with van der Waals surface area (Å²) in [4.78, 5) is 11.5. The van der Waals surface area contributed by atoms with Gasteiger partial charge in [-0.1, -0.05) is 6.08 Å². The highest BCUT2D eigenvalue weighted by molar-refractivity contribution is 5.87. The molecule has 0 aromatic heterocycles. The van der Waals surface area contributed by atoms with Crippen molar-refractivity contribution < 1.29 is 34.7 Å². The maximum atomic E-state index is 11.5. The fraction of sp³-hybridized carbons (Fsp3) is 0.727. The van der Waals surface area contributed by atoms with Gasteiger partial charge in [-0.15, -0.1) is 0 Å². The molecule has 1 aliphatic rings. The lowest BCUT2D eigenvalue weighted by atomic mass is 9.99. The summed E-state index contributed by atoms with van der Waals surface area (Å²) in [5.41, 5.74) is 0.312. The Morgan fingerprint density at radius 3 is 2.39 bits per heavy atom. The molecule has 0 amide bonds. The molecule has 5 atom stereocenters. The van der Waals surface area contributed by atoms with Crippen molar-refractivity contribution in [1.82, 2.24) is 0 Å². The van der Waals surface area contributed by atoms with Gasteiger partial charge >= 0.3 is 5.97 Å². The highest BCUT2D eigenvalue weighted by Crippen LogP contribution is 2.22. The molecule has 1 aliphatic heterocycles. The van der Waals surface area contributed by atoms with E-state index < -0.39 is 43.3 Å². The molecule has 0 aromatic carbocycles. The highest BCUT2D eigenvalue weighted by Gasteiger charge is 2.45. The van der Waals surface area contributed by atoms with Gasteiger partial charge in [0.15, 0.2) is 0 Å². The molecule has 1 rings (SSSR count). The molecule has 0 aromatic rings. The van der Waals surface area contributed by atoms with Gasteiger partial charge in [-0.05, 0) is 13.8 Å². The van der Waals surface area contributed by atoms with Crippen LogP contribution in [0.15, 0.2) is 11.6 Å². The van der Waals surface area contributed by atoms with Crippen molar-refractivity contribution in [3.8, 4) is 0 Å². The summed E-state index contributed by atoms with van der Waals surface area (Å²) < 4.78 is 9.86. The summed E-state index contributed by atoms with van der Waals surface area (Å²) in [6, 6.07) is 0. The van der Waals surface area contributed by atoms with Gasteiger partial charge in [-0.3, -0.25) is 0 Å². The minimum atomic E-state index is -1.57. The third kappa shape index (κ3) is 3.06. The number of hydrogen-bond donors (Lipinski definition) is 4. The SMILES string of the molecule is CC=C(C)C(=O)OC1O[C@H](CO)[C@@H](O)[C@H](O)[C@H]1O. The van der Waals surface area contributed by atoms with Gasteiger partial charge in [0.2, 0.25) is 6.29 Å². The summed E-state index contributed by atoms with van der Waals surface area (Å²) in [5.74, 6) is -0.707. The normalized spacial score (nSPS) is 37.4. The summed E-state index contributed by atoms with van der Waals surface area (Å²) in [5, 5.41) is 37.6. The van der Waals surface area contributed by atoms with Crippen molar-refractivity contribution >= 4 is 5.97 Å². The van der Waals surface area contributed by atoms with Crippen molar-refractivity contribution in [3.05, 3.63) is 11.6 Å². The Morgan fingerprint density at radius 1 is 1.28 bits per heavy atom. The molecule has 0 bridgehead atoms. The van der Waals surface area contributed by atoms with Gasteiger partial charge in [0.25, 0.3) is 0 Å². The van der Waals surface area contributed by atoms with E-state index in [2.05, 4.69) is 0 Å². The fourth-order valence-corrected chi connectivity index (χ4v) is 1.48. The van der Waals surface area contributed by atoms with Crippen LogP contribution in [-0.4, -0.2) is 63.7 Å². The smallest absolute Gasteiger partial charge is 0.335 e. The van der Waals surface area contributed by atoms with E-state index in [4.69, 9.17) is 14.6 Å². The number of esters is 1. The van der Waals surface area contributed by atoms with Crippen LogP contribution in [0.3, 0.4) is 0 Å². The second kappa shape index (κ2) is 6.26. The largest absolute Gasteiger partial charge is 0.429 e. The second-order valence-electron chi connectivity index (χ2n) is 4.07. The van der Waals surface area contributed by atoms with E-state index in [9.17, 15) is 20.1 Å². The Hall–Kier alpha value is -0.990. The zero-order chi connectivity index (χ0) is 13.9. The first-order valence-corrected chi connectivity index (χ1v) is 5.56. The minimum Gasteiger partial charge on any atom is -0.429 e. The van der Waals surface area contributed by atoms with Crippen LogP contribution in [0, 0.1) is 0 Å². The molecule has 104 valence electrons. The first-order valence-electron chi connectivity index (χ1n) is 5.56. The van der Waals surface area contributed by atoms with E-state index in [1.165, 1.54) is 13.0 Å². The average Bonchev–Trinajstić information content (AvgIpc) is 2.38. The quantitative estimate of drug-likeness (QED) is 0.353. The Labute approximate surface area is 104 Å². The zero-order valence-electron chi connectivity index (χ0n) is 10.2. The predicted octanol–water partition coefficient (Wildman–Crippen LogP) is -1.70. The Kier molecular flexibility index (Phi) is 5.24. The van der Waals surface area contributed by atoms with Crippen LogP contribution in [-0.2, 0) is 14.3 Å². The van der Waals surface area contributed by atoms with Gasteiger partial charge in [0.1, 0.15) is 24.4 Å². The van der Waals surface area contributed by atoms with E-state index in [1.807, 2.05) is 0 Å². The number of carbonyl (C=O) groups is 1. The van der Waals surface area contributed by atoms with Gasteiger partial charge in [-0.25, -0.2) is 4.79 Å². The van der Waals surface area contributed by atoms with Crippen LogP contribution in [0.4, 0.5) is 0 Å². The summed E-state index contributed by atoms with van der Waals surface area (Å²) in [7, 11) is 0. The molecule has 0 saturated carbocycles. The van der Waals surface area contributed by atoms with Crippen LogP contribution < -0.4 is 0 Å². The number of ether oxygens (including phenoxy) is 2. The lowest BCUT2D eigenvalue weighted by Gasteiger charge is -2.39. The second-order valence-corrected chi connectivity index (χ2v) is 4.07. The zero-order valence-corrected chi connectivity index (χ0v) is 10.2. The predicted molar refractivity (Wildman–Crippen MR) is 59.3 cm³/mol. The number of hydrogen-bond acceptors (Lipinski definition) is 7. The van der Waals surface area contributed by atoms with E-state index in [0.717, 1.165) is 0 Å². The molecule has 0 spiro atoms. The molecular weight excluding hydrogens is 244 g/mol. The lowest BCUT2D eigenvalue weighted by molar-refractivity contribution is -0.291. The fourth-order valence-electron chi connectivity index (χ4n) is 1.48. The third-order valence-electron chi connectivity index (χ3n) is 2.83. The van der Waals surface area contributed by atoms with E-state index in [0.29, 0.717) is 5.57 Å². The Balaban J connectivity index is 2.73. The highest BCUT2D eigenvalue weighted by atomic mass is 16.7. The van der Waals surface area contributed by atoms with Crippen LogP contribution in [0.25, 0.3) is 0 Å². The van der Waals surface area contributed by atoms with Gasteiger partial charge < -0.3 is 29.9 Å². The number of allylic oxidation sites excluding steroid dienone is 1. The number of aliphatic hydroxyl groups excluding tert-OH is 4. The molecule has 1 heterocycles. The van der Waals surface area contributed by atoms with Gasteiger partial charge in [0, 0.05) is 5.57 Å². The number of rotatable bonds is 3. The molecule has 4 N–H and O–H groups in total. The Morgan fingerprint density at radius 2 is 1.89 bits per heavy atom. The summed E-state index contributed by atoms with van der Waals surface area (Å²) in [6.45, 7) is 2.60. The maximum Gasteiger partial charge on any atom is 0.335 e. The van der Waals surface area contributed by atoms with Crippen LogP contribution >= 0.6 is 0 Å². The standard InChI is InChI=1S/C11H18O7/c1-3-5(2)10(16)18-11-9(15)8(14)7(13)6(4-12)17-11/h3,6-9,11-15H,4H2,1-2H3/t6-,7-,8+,9-,11?/m1/s1. The van der Waals surface area contributed by atoms with Crippen LogP contribution in [0.2, 0.25) is 0 Å². The molecule has 1 saturated heterocycles. The minimum absolute atomic E-state index is 0.312. The maximum absolute atomic E-state index is 11.5. The van der Waals surface area contributed by atoms with Crippen molar-refractivity contribution in [2.75, 3.05) is 6.61 Å². The first-order chi connectivity index (χ1) is 8.42. The molecule has 0 radical (unpaired) electrons. The Bertz CT molecular complexity index is 325. The molecule has 1 unspecified atom stereocenters. The van der Waals surface area contributed by atoms with Crippen molar-refractivity contribution in [2.45, 2.75) is 44.6 Å². The van der Waals surface area contributed by atoms with Crippen molar-refractivity contribution in [3.63, 3.8) is 0 Å². The number of aliphatic hydroxyl groups is 4. The summed E-state index contributed by atoms with van der Waals surface area (Å²) in [6.07, 6.45) is -5.60. The molecule has 18 heavy (non-hydrogen) atoms. The lowest BCUT2D eigenvalue weighted by Crippen LogP contribution is -2.59. The third-order valence-corrected chi connectivity index (χ3v) is 2.83. The van der Waals surface area contributed by atoms with Crippen molar-refractivity contribution in [2.24, 2.45) is 0 Å². The van der Waals surface area contributed by atoms with Crippen molar-refractivity contribution in [1.29, 1.82) is 0 Å². The monoisotopic (exact) mass is 262 g/mol. The van der Waals surface area contributed by atoms with E-state index in [-0.39, 0.29) is 0 Å². The molecule has 1 fully saturated rings. The van der Waals surface area contributed by atoms with Crippen LogP contribution in [0.1, 0.15) is 13.8 Å². The van der Waals surface area contributed by atoms with E-state index in [1.54, 1.807) is 6.92 Å².